The first-order valence-electron chi connectivity index (χ1n) is 6.96. The predicted octanol–water partition coefficient (Wildman–Crippen LogP) is 4.49. The molecule has 0 aliphatic carbocycles. The second-order valence-corrected chi connectivity index (χ2v) is 6.00. The van der Waals surface area contributed by atoms with Gasteiger partial charge < -0.3 is 5.32 Å². The molecule has 0 saturated heterocycles. The van der Waals surface area contributed by atoms with Crippen molar-refractivity contribution < 1.29 is 13.2 Å². The van der Waals surface area contributed by atoms with Crippen molar-refractivity contribution in [3.8, 4) is 0 Å². The van der Waals surface area contributed by atoms with Crippen LogP contribution in [0.1, 0.15) is 25.3 Å². The molecule has 0 radical (unpaired) electrons. The maximum absolute atomic E-state index is 12.2. The Hall–Kier alpha value is -0.680. The van der Waals surface area contributed by atoms with Crippen LogP contribution < -0.4 is 5.32 Å². The van der Waals surface area contributed by atoms with Crippen LogP contribution in [-0.2, 0) is 6.42 Å². The SMILES string of the molecule is CCCNCC(CCSC(F)(F)F)Cc1ccccc1. The summed E-state index contributed by atoms with van der Waals surface area (Å²) in [6, 6.07) is 9.95. The Bertz CT molecular complexity index is 354. The third kappa shape index (κ3) is 8.48. The van der Waals surface area contributed by atoms with Crippen molar-refractivity contribution in [3.05, 3.63) is 35.9 Å². The van der Waals surface area contributed by atoms with Crippen LogP contribution in [0.25, 0.3) is 0 Å². The number of thioether (sulfide) groups is 1. The van der Waals surface area contributed by atoms with Gasteiger partial charge in [-0.3, -0.25) is 0 Å². The zero-order chi connectivity index (χ0) is 14.8. The minimum Gasteiger partial charge on any atom is -0.316 e. The normalized spacial score (nSPS) is 13.4. The summed E-state index contributed by atoms with van der Waals surface area (Å²) in [5, 5.41) is 3.31. The van der Waals surface area contributed by atoms with Crippen LogP contribution in [-0.4, -0.2) is 24.4 Å². The summed E-state index contributed by atoms with van der Waals surface area (Å²) in [4.78, 5) is 0. The van der Waals surface area contributed by atoms with Crippen LogP contribution in [0, 0.1) is 5.92 Å². The van der Waals surface area contributed by atoms with Crippen LogP contribution >= 0.6 is 11.8 Å². The molecule has 0 spiro atoms. The summed E-state index contributed by atoms with van der Waals surface area (Å²) in [5.41, 5.74) is -2.93. The average molecular weight is 305 g/mol. The Labute approximate surface area is 123 Å². The summed E-state index contributed by atoms with van der Waals surface area (Å²) in [7, 11) is 0. The van der Waals surface area contributed by atoms with Crippen LogP contribution in [0.3, 0.4) is 0 Å². The summed E-state index contributed by atoms with van der Waals surface area (Å²) in [6.45, 7) is 3.78. The molecule has 0 heterocycles. The molecular formula is C15H22F3NS. The molecule has 1 nitrogen and oxygen atoms in total. The quantitative estimate of drug-likeness (QED) is 0.675. The lowest BCUT2D eigenvalue weighted by Crippen LogP contribution is -2.25. The highest BCUT2D eigenvalue weighted by molar-refractivity contribution is 8.00. The zero-order valence-corrected chi connectivity index (χ0v) is 12.6. The van der Waals surface area contributed by atoms with Gasteiger partial charge in [-0.05, 0) is 43.8 Å². The van der Waals surface area contributed by atoms with Gasteiger partial charge in [0.2, 0.25) is 0 Å². The maximum Gasteiger partial charge on any atom is 0.441 e. The van der Waals surface area contributed by atoms with Gasteiger partial charge in [0.25, 0.3) is 0 Å². The summed E-state index contributed by atoms with van der Waals surface area (Å²) in [6.07, 6.45) is 2.45. The van der Waals surface area contributed by atoms with E-state index in [1.54, 1.807) is 0 Å². The first-order chi connectivity index (χ1) is 9.51. The van der Waals surface area contributed by atoms with E-state index < -0.39 is 5.51 Å². The molecule has 0 amide bonds. The summed E-state index contributed by atoms with van der Waals surface area (Å²) in [5.74, 6) is 0.383. The van der Waals surface area contributed by atoms with E-state index in [0.29, 0.717) is 6.42 Å². The fourth-order valence-electron chi connectivity index (χ4n) is 2.05. The number of hydrogen-bond acceptors (Lipinski definition) is 2. The lowest BCUT2D eigenvalue weighted by atomic mass is 9.97. The Morgan fingerprint density at radius 1 is 1.20 bits per heavy atom. The number of halogens is 3. The van der Waals surface area contributed by atoms with E-state index in [1.165, 1.54) is 5.56 Å². The number of nitrogens with one attached hydrogen (secondary N) is 1. The van der Waals surface area contributed by atoms with E-state index in [1.807, 2.05) is 30.3 Å². The van der Waals surface area contributed by atoms with Crippen molar-refractivity contribution in [1.82, 2.24) is 5.32 Å². The molecule has 0 fully saturated rings. The number of benzene rings is 1. The van der Waals surface area contributed by atoms with E-state index in [-0.39, 0.29) is 23.4 Å². The van der Waals surface area contributed by atoms with Gasteiger partial charge in [-0.25, -0.2) is 0 Å². The fraction of sp³-hybridized carbons (Fsp3) is 0.600. The van der Waals surface area contributed by atoms with Gasteiger partial charge in [0.1, 0.15) is 0 Å². The molecule has 114 valence electrons. The van der Waals surface area contributed by atoms with Crippen molar-refractivity contribution in [2.24, 2.45) is 5.92 Å². The number of rotatable bonds is 9. The highest BCUT2D eigenvalue weighted by Gasteiger charge is 2.28. The third-order valence-corrected chi connectivity index (χ3v) is 3.79. The Morgan fingerprint density at radius 2 is 1.90 bits per heavy atom. The molecule has 1 aromatic rings. The fourth-order valence-corrected chi connectivity index (χ4v) is 2.73. The second kappa shape index (κ2) is 9.29. The summed E-state index contributed by atoms with van der Waals surface area (Å²) < 4.78 is 36.6. The lowest BCUT2D eigenvalue weighted by Gasteiger charge is -2.18. The molecule has 0 saturated carbocycles. The molecule has 0 aliphatic heterocycles. The first kappa shape index (κ1) is 17.4. The monoisotopic (exact) mass is 305 g/mol. The minimum absolute atomic E-state index is 0.0839. The molecule has 0 aliphatic rings. The van der Waals surface area contributed by atoms with Gasteiger partial charge in [0.05, 0.1) is 0 Å². The molecular weight excluding hydrogens is 283 g/mol. The second-order valence-electron chi connectivity index (χ2n) is 4.84. The van der Waals surface area contributed by atoms with Gasteiger partial charge in [0.15, 0.2) is 0 Å². The molecule has 1 unspecified atom stereocenters. The van der Waals surface area contributed by atoms with Crippen LogP contribution in [0.5, 0.6) is 0 Å². The molecule has 0 aromatic heterocycles. The smallest absolute Gasteiger partial charge is 0.316 e. The van der Waals surface area contributed by atoms with Gasteiger partial charge >= 0.3 is 5.51 Å². The molecule has 20 heavy (non-hydrogen) atoms. The van der Waals surface area contributed by atoms with Gasteiger partial charge in [-0.15, -0.1) is 0 Å². The van der Waals surface area contributed by atoms with E-state index >= 15 is 0 Å². The van der Waals surface area contributed by atoms with Crippen LogP contribution in [0.4, 0.5) is 13.2 Å². The highest BCUT2D eigenvalue weighted by Crippen LogP contribution is 2.31. The highest BCUT2D eigenvalue weighted by atomic mass is 32.2. The molecule has 1 aromatic carbocycles. The van der Waals surface area contributed by atoms with Crippen molar-refractivity contribution in [2.75, 3.05) is 18.8 Å². The van der Waals surface area contributed by atoms with E-state index in [4.69, 9.17) is 0 Å². The van der Waals surface area contributed by atoms with E-state index in [0.717, 1.165) is 25.9 Å². The molecule has 1 N–H and O–H groups in total. The Kier molecular flexibility index (Phi) is 8.07. The molecule has 1 rings (SSSR count). The first-order valence-corrected chi connectivity index (χ1v) is 7.95. The Morgan fingerprint density at radius 3 is 2.50 bits per heavy atom. The zero-order valence-electron chi connectivity index (χ0n) is 11.7. The van der Waals surface area contributed by atoms with E-state index in [9.17, 15) is 13.2 Å². The summed E-state index contributed by atoms with van der Waals surface area (Å²) >= 11 is 0.0839. The van der Waals surface area contributed by atoms with Gasteiger partial charge in [-0.1, -0.05) is 49.0 Å². The number of alkyl halides is 3. The average Bonchev–Trinajstić information content (AvgIpc) is 2.38. The molecule has 1 atom stereocenters. The van der Waals surface area contributed by atoms with Crippen molar-refractivity contribution >= 4 is 11.8 Å². The predicted molar refractivity (Wildman–Crippen MR) is 79.9 cm³/mol. The van der Waals surface area contributed by atoms with Gasteiger partial charge in [0, 0.05) is 5.75 Å². The topological polar surface area (TPSA) is 12.0 Å². The molecule has 0 bridgehead atoms. The lowest BCUT2D eigenvalue weighted by molar-refractivity contribution is -0.0328. The minimum atomic E-state index is -4.12. The molecule has 5 heteroatoms. The van der Waals surface area contributed by atoms with Crippen LogP contribution in [0.2, 0.25) is 0 Å². The standard InChI is InChI=1S/C15H22F3NS/c1-2-9-19-12-14(8-10-20-15(16,17)18)11-13-6-4-3-5-7-13/h3-7,14,19H,2,8-12H2,1H3. The van der Waals surface area contributed by atoms with Crippen molar-refractivity contribution in [1.29, 1.82) is 0 Å². The Balaban J connectivity index is 2.43. The van der Waals surface area contributed by atoms with E-state index in [2.05, 4.69) is 12.2 Å². The third-order valence-electron chi connectivity index (χ3n) is 3.02. The van der Waals surface area contributed by atoms with Gasteiger partial charge in [-0.2, -0.15) is 13.2 Å². The number of hydrogen-bond donors (Lipinski definition) is 1. The maximum atomic E-state index is 12.2. The van der Waals surface area contributed by atoms with Crippen molar-refractivity contribution in [3.63, 3.8) is 0 Å². The largest absolute Gasteiger partial charge is 0.441 e. The van der Waals surface area contributed by atoms with Crippen molar-refractivity contribution in [2.45, 2.75) is 31.7 Å². The van der Waals surface area contributed by atoms with Crippen LogP contribution in [0.15, 0.2) is 30.3 Å².